The molecule has 2 aromatic rings. The predicted octanol–water partition coefficient (Wildman–Crippen LogP) is 2.56. The molecule has 0 saturated heterocycles. The first-order chi connectivity index (χ1) is 7.68. The highest BCUT2D eigenvalue weighted by Gasteiger charge is 2.05. The van der Waals surface area contributed by atoms with E-state index in [1.165, 1.54) is 18.2 Å². The second-order valence-electron chi connectivity index (χ2n) is 3.33. The summed E-state index contributed by atoms with van der Waals surface area (Å²) in [6.45, 7) is 0. The average molecular weight is 213 g/mol. The lowest BCUT2D eigenvalue weighted by atomic mass is 10.0. The van der Waals surface area contributed by atoms with Crippen LogP contribution in [-0.2, 0) is 0 Å². The van der Waals surface area contributed by atoms with Crippen molar-refractivity contribution >= 4 is 5.97 Å². The molecular weight excluding hydrogens is 204 g/mol. The molecule has 0 bridgehead atoms. The van der Waals surface area contributed by atoms with Gasteiger partial charge in [0.1, 0.15) is 5.75 Å². The van der Waals surface area contributed by atoms with Crippen molar-refractivity contribution in [1.29, 1.82) is 0 Å². The minimum Gasteiger partial charge on any atom is -0.507 e. The molecule has 0 spiro atoms. The van der Waals surface area contributed by atoms with E-state index in [9.17, 15) is 9.90 Å². The zero-order valence-electron chi connectivity index (χ0n) is 8.34. The van der Waals surface area contributed by atoms with E-state index >= 15 is 0 Å². The minimum absolute atomic E-state index is 0.130. The molecule has 0 atom stereocenters. The fraction of sp³-hybridized carbons (Fsp3) is 0. The third-order valence-corrected chi connectivity index (χ3v) is 2.29. The summed E-state index contributed by atoms with van der Waals surface area (Å²) in [5, 5.41) is 18.3. The number of carboxylic acid groups (broad SMARTS) is 1. The fourth-order valence-corrected chi connectivity index (χ4v) is 1.46. The normalized spacial score (nSPS) is 10.0. The third-order valence-electron chi connectivity index (χ3n) is 2.29. The van der Waals surface area contributed by atoms with Gasteiger partial charge in [-0.15, -0.1) is 0 Å². The Kier molecular flexibility index (Phi) is 2.60. The second kappa shape index (κ2) is 4.06. The van der Waals surface area contributed by atoms with Gasteiger partial charge in [0.2, 0.25) is 0 Å². The zero-order valence-corrected chi connectivity index (χ0v) is 8.34. The number of carbonyl (C=O) groups is 1. The average Bonchev–Trinajstić information content (AvgIpc) is 2.30. The number of hydrogen-bond acceptors (Lipinski definition) is 2. The molecule has 3 heteroatoms. The van der Waals surface area contributed by atoms with Crippen LogP contribution in [0.3, 0.4) is 0 Å². The quantitative estimate of drug-likeness (QED) is 0.806. The Balaban J connectivity index is 2.43. The van der Waals surface area contributed by atoms with Crippen molar-refractivity contribution < 1.29 is 15.0 Å². The van der Waals surface area contributed by atoms with Crippen LogP contribution in [0.25, 0.3) is 11.1 Å². The van der Waals surface area contributed by atoms with Gasteiger partial charge in [0.25, 0.3) is 0 Å². The fourth-order valence-electron chi connectivity index (χ4n) is 1.46. The molecule has 79 valence electrons. The Hall–Kier alpha value is -2.29. The van der Waals surface area contributed by atoms with Crippen LogP contribution in [0.4, 0.5) is 0 Å². The highest BCUT2D eigenvalue weighted by Crippen LogP contribution is 2.28. The van der Waals surface area contributed by atoms with Crippen molar-refractivity contribution in [3.05, 3.63) is 54.1 Å². The Morgan fingerprint density at radius 2 is 1.81 bits per heavy atom. The lowest BCUT2D eigenvalue weighted by Crippen LogP contribution is -1.94. The number of hydrogen-bond donors (Lipinski definition) is 2. The standard InChI is InChI=1S/C13H9O3/c14-12-4-2-1-3-11(12)9-5-7-10(8-6-9)13(15)16/h1,3-8,14H,(H,15,16). The molecule has 0 fully saturated rings. The number of rotatable bonds is 2. The van der Waals surface area contributed by atoms with Gasteiger partial charge in [-0.3, -0.25) is 0 Å². The number of carboxylic acids is 1. The smallest absolute Gasteiger partial charge is 0.335 e. The summed E-state index contributed by atoms with van der Waals surface area (Å²) in [6.07, 6.45) is 0. The molecular formula is C13H9O3. The van der Waals surface area contributed by atoms with E-state index < -0.39 is 5.97 Å². The van der Waals surface area contributed by atoms with Gasteiger partial charge < -0.3 is 10.2 Å². The molecule has 0 saturated carbocycles. The Morgan fingerprint density at radius 1 is 1.12 bits per heavy atom. The summed E-state index contributed by atoms with van der Waals surface area (Å²) in [4.78, 5) is 10.7. The van der Waals surface area contributed by atoms with Crippen LogP contribution >= 0.6 is 0 Å². The molecule has 0 aliphatic carbocycles. The number of phenolic OH excluding ortho intramolecular Hbond substituents is 1. The summed E-state index contributed by atoms with van der Waals surface area (Å²) in [6, 6.07) is 14.0. The number of aromatic carboxylic acids is 1. The lowest BCUT2D eigenvalue weighted by Gasteiger charge is -2.04. The summed E-state index contributed by atoms with van der Waals surface area (Å²) in [7, 11) is 0. The largest absolute Gasteiger partial charge is 0.507 e. The van der Waals surface area contributed by atoms with E-state index in [2.05, 4.69) is 6.07 Å². The van der Waals surface area contributed by atoms with Crippen LogP contribution in [0, 0.1) is 6.07 Å². The van der Waals surface area contributed by atoms with E-state index in [4.69, 9.17) is 5.11 Å². The SMILES string of the molecule is O=C(O)c1ccc(-c2cc[c]cc2O)cc1. The molecule has 3 nitrogen and oxygen atoms in total. The van der Waals surface area contributed by atoms with Crippen LogP contribution in [0.1, 0.15) is 10.4 Å². The van der Waals surface area contributed by atoms with Crippen molar-refractivity contribution in [2.24, 2.45) is 0 Å². The maximum atomic E-state index is 10.7. The molecule has 0 heterocycles. The van der Waals surface area contributed by atoms with Gasteiger partial charge in [-0.05, 0) is 29.8 Å². The third kappa shape index (κ3) is 1.88. The summed E-state index contributed by atoms with van der Waals surface area (Å²) in [5.74, 6) is -0.831. The summed E-state index contributed by atoms with van der Waals surface area (Å²) >= 11 is 0. The molecule has 2 rings (SSSR count). The van der Waals surface area contributed by atoms with Crippen LogP contribution < -0.4 is 0 Å². The number of benzene rings is 2. The number of aromatic hydroxyl groups is 1. The molecule has 16 heavy (non-hydrogen) atoms. The first kappa shape index (κ1) is 10.2. The van der Waals surface area contributed by atoms with E-state index in [0.29, 0.717) is 5.56 Å². The van der Waals surface area contributed by atoms with Crippen molar-refractivity contribution in [3.63, 3.8) is 0 Å². The van der Waals surface area contributed by atoms with E-state index in [1.54, 1.807) is 24.3 Å². The molecule has 2 aromatic carbocycles. The molecule has 0 amide bonds. The van der Waals surface area contributed by atoms with Crippen LogP contribution in [0.2, 0.25) is 0 Å². The molecule has 0 aliphatic heterocycles. The molecule has 0 aliphatic rings. The summed E-state index contributed by atoms with van der Waals surface area (Å²) in [5.41, 5.74) is 1.66. The molecule has 2 N–H and O–H groups in total. The van der Waals surface area contributed by atoms with E-state index in [0.717, 1.165) is 5.56 Å². The van der Waals surface area contributed by atoms with Crippen molar-refractivity contribution in [2.75, 3.05) is 0 Å². The summed E-state index contributed by atoms with van der Waals surface area (Å²) < 4.78 is 0. The Bertz CT molecular complexity index is 515. The Morgan fingerprint density at radius 3 is 2.38 bits per heavy atom. The topological polar surface area (TPSA) is 57.5 Å². The minimum atomic E-state index is -0.961. The van der Waals surface area contributed by atoms with Gasteiger partial charge >= 0.3 is 5.97 Å². The number of phenols is 1. The van der Waals surface area contributed by atoms with Crippen molar-refractivity contribution in [1.82, 2.24) is 0 Å². The van der Waals surface area contributed by atoms with Crippen LogP contribution in [-0.4, -0.2) is 16.2 Å². The Labute approximate surface area is 92.6 Å². The zero-order chi connectivity index (χ0) is 11.5. The molecule has 1 radical (unpaired) electrons. The van der Waals surface area contributed by atoms with Crippen LogP contribution in [0.15, 0.2) is 42.5 Å². The van der Waals surface area contributed by atoms with Crippen molar-refractivity contribution in [3.8, 4) is 16.9 Å². The lowest BCUT2D eigenvalue weighted by molar-refractivity contribution is 0.0697. The van der Waals surface area contributed by atoms with Gasteiger partial charge in [-0.2, -0.15) is 0 Å². The highest BCUT2D eigenvalue weighted by atomic mass is 16.4. The van der Waals surface area contributed by atoms with E-state index in [-0.39, 0.29) is 11.3 Å². The van der Waals surface area contributed by atoms with Gasteiger partial charge in [0, 0.05) is 5.56 Å². The van der Waals surface area contributed by atoms with Gasteiger partial charge in [0.05, 0.1) is 5.56 Å². The van der Waals surface area contributed by atoms with E-state index in [1.807, 2.05) is 0 Å². The second-order valence-corrected chi connectivity index (χ2v) is 3.33. The highest BCUT2D eigenvalue weighted by molar-refractivity contribution is 5.88. The monoisotopic (exact) mass is 213 g/mol. The predicted molar refractivity (Wildman–Crippen MR) is 59.3 cm³/mol. The van der Waals surface area contributed by atoms with Crippen LogP contribution in [0.5, 0.6) is 5.75 Å². The van der Waals surface area contributed by atoms with Crippen molar-refractivity contribution in [2.45, 2.75) is 0 Å². The first-order valence-corrected chi connectivity index (χ1v) is 4.71. The van der Waals surface area contributed by atoms with Gasteiger partial charge in [0.15, 0.2) is 0 Å². The molecule has 0 aromatic heterocycles. The van der Waals surface area contributed by atoms with Gasteiger partial charge in [-0.1, -0.05) is 24.3 Å². The molecule has 0 unspecified atom stereocenters. The maximum absolute atomic E-state index is 10.7. The maximum Gasteiger partial charge on any atom is 0.335 e. The first-order valence-electron chi connectivity index (χ1n) is 4.71. The van der Waals surface area contributed by atoms with Gasteiger partial charge in [-0.25, -0.2) is 4.79 Å².